The number of nitro benzene ring substituents is 1. The number of aliphatic imine (C=N–C) groups is 1. The van der Waals surface area contributed by atoms with Crippen LogP contribution in [0.3, 0.4) is 0 Å². The number of nitrogens with one attached hydrogen (secondary N) is 2. The van der Waals surface area contributed by atoms with Crippen molar-refractivity contribution in [1.29, 1.82) is 0 Å². The predicted octanol–water partition coefficient (Wildman–Crippen LogP) is 1.70. The highest BCUT2D eigenvalue weighted by atomic mass is 32.2. The van der Waals surface area contributed by atoms with Crippen molar-refractivity contribution in [3.05, 3.63) is 47.0 Å². The topological polar surface area (TPSA) is 114 Å². The van der Waals surface area contributed by atoms with E-state index in [9.17, 15) is 19.7 Å². The quantitative estimate of drug-likeness (QED) is 0.467. The summed E-state index contributed by atoms with van der Waals surface area (Å²) in [5.74, 6) is -0.685. The fourth-order valence-electron chi connectivity index (χ4n) is 1.84. The number of amides is 2. The third-order valence-corrected chi connectivity index (χ3v) is 3.97. The average molecular weight is 334 g/mol. The molecular weight excluding hydrogens is 320 g/mol. The first-order chi connectivity index (χ1) is 11.0. The molecule has 23 heavy (non-hydrogen) atoms. The molecule has 1 aliphatic heterocycles. The lowest BCUT2D eigenvalue weighted by Gasteiger charge is -2.07. The normalized spacial score (nSPS) is 18.5. The number of benzene rings is 1. The van der Waals surface area contributed by atoms with Crippen LogP contribution >= 0.6 is 11.8 Å². The zero-order chi connectivity index (χ0) is 16.8. The minimum Gasteiger partial charge on any atom is -0.326 e. The van der Waals surface area contributed by atoms with Crippen LogP contribution in [0, 0.1) is 10.1 Å². The number of rotatable bonds is 6. The Labute approximate surface area is 136 Å². The molecule has 9 heteroatoms. The third kappa shape index (κ3) is 4.65. The van der Waals surface area contributed by atoms with Crippen LogP contribution < -0.4 is 10.6 Å². The molecule has 0 aliphatic carbocycles. The van der Waals surface area contributed by atoms with E-state index in [1.807, 2.05) is 0 Å². The maximum absolute atomic E-state index is 12.0. The van der Waals surface area contributed by atoms with E-state index in [0.29, 0.717) is 17.4 Å². The molecule has 1 aliphatic rings. The Bertz CT molecular complexity index is 689. The van der Waals surface area contributed by atoms with Crippen molar-refractivity contribution >= 4 is 40.1 Å². The summed E-state index contributed by atoms with van der Waals surface area (Å²) >= 11 is 1.18. The second-order valence-electron chi connectivity index (χ2n) is 4.59. The van der Waals surface area contributed by atoms with E-state index in [2.05, 4.69) is 22.2 Å². The van der Waals surface area contributed by atoms with Crippen LogP contribution in [0.2, 0.25) is 0 Å². The van der Waals surface area contributed by atoms with Crippen LogP contribution in [0.25, 0.3) is 0 Å². The number of nitro groups is 1. The van der Waals surface area contributed by atoms with Crippen molar-refractivity contribution in [2.24, 2.45) is 4.99 Å². The van der Waals surface area contributed by atoms with Crippen molar-refractivity contribution in [1.82, 2.24) is 5.32 Å². The van der Waals surface area contributed by atoms with Crippen LogP contribution in [0.15, 0.2) is 41.9 Å². The number of hydrogen-bond donors (Lipinski definition) is 2. The second-order valence-corrected chi connectivity index (χ2v) is 5.78. The van der Waals surface area contributed by atoms with E-state index in [1.54, 1.807) is 12.1 Å². The van der Waals surface area contributed by atoms with Crippen molar-refractivity contribution in [2.45, 2.75) is 11.7 Å². The molecule has 1 unspecified atom stereocenters. The molecule has 1 aromatic rings. The van der Waals surface area contributed by atoms with Gasteiger partial charge in [0, 0.05) is 24.2 Å². The molecule has 1 heterocycles. The van der Waals surface area contributed by atoms with Crippen LogP contribution in [0.4, 0.5) is 11.4 Å². The van der Waals surface area contributed by atoms with Crippen LogP contribution in [-0.2, 0) is 9.59 Å². The summed E-state index contributed by atoms with van der Waals surface area (Å²) < 4.78 is 0. The molecule has 1 aromatic carbocycles. The highest BCUT2D eigenvalue weighted by Gasteiger charge is 2.31. The van der Waals surface area contributed by atoms with E-state index in [-0.39, 0.29) is 18.0 Å². The number of nitrogens with zero attached hydrogens (tertiary/aromatic N) is 2. The monoisotopic (exact) mass is 334 g/mol. The van der Waals surface area contributed by atoms with Gasteiger partial charge in [-0.05, 0) is 6.07 Å². The summed E-state index contributed by atoms with van der Waals surface area (Å²) in [4.78, 5) is 38.0. The maximum Gasteiger partial charge on any atom is 0.271 e. The summed E-state index contributed by atoms with van der Waals surface area (Å²) in [5, 5.41) is 15.7. The summed E-state index contributed by atoms with van der Waals surface area (Å²) in [6.07, 6.45) is 1.55. The van der Waals surface area contributed by atoms with Crippen LogP contribution in [0.1, 0.15) is 6.42 Å². The van der Waals surface area contributed by atoms with E-state index >= 15 is 0 Å². The van der Waals surface area contributed by atoms with Gasteiger partial charge in [-0.1, -0.05) is 23.9 Å². The highest BCUT2D eigenvalue weighted by Crippen LogP contribution is 2.23. The van der Waals surface area contributed by atoms with Gasteiger partial charge in [-0.2, -0.15) is 0 Å². The SMILES string of the molecule is C=CCN=C1NC(=O)C(CC(=O)Nc2cccc([N+](=O)[O-])c2)S1. The first kappa shape index (κ1) is 16.7. The number of hydrogen-bond acceptors (Lipinski definition) is 6. The van der Waals surface area contributed by atoms with Crippen LogP contribution in [-0.4, -0.2) is 33.7 Å². The standard InChI is InChI=1S/C14H14N4O4S/c1-2-6-15-14-17-13(20)11(23-14)8-12(19)16-9-4-3-5-10(7-9)18(21)22/h2-5,7,11H,1,6,8H2,(H,16,19)(H,15,17,20). The fourth-order valence-corrected chi connectivity index (χ4v) is 2.82. The Morgan fingerprint density at radius 3 is 3.04 bits per heavy atom. The van der Waals surface area contributed by atoms with Gasteiger partial charge in [-0.15, -0.1) is 6.58 Å². The Hall–Kier alpha value is -2.68. The minimum absolute atomic E-state index is 0.0493. The third-order valence-electron chi connectivity index (χ3n) is 2.85. The summed E-state index contributed by atoms with van der Waals surface area (Å²) in [6, 6.07) is 5.61. The van der Waals surface area contributed by atoms with E-state index < -0.39 is 16.1 Å². The molecule has 120 valence electrons. The average Bonchev–Trinajstić information content (AvgIpc) is 2.85. The molecule has 1 saturated heterocycles. The van der Waals surface area contributed by atoms with Crippen molar-refractivity contribution in [2.75, 3.05) is 11.9 Å². The summed E-state index contributed by atoms with van der Waals surface area (Å²) in [7, 11) is 0. The van der Waals surface area contributed by atoms with Crippen molar-refractivity contribution in [3.8, 4) is 0 Å². The number of thioether (sulfide) groups is 1. The van der Waals surface area contributed by atoms with Gasteiger partial charge >= 0.3 is 0 Å². The second kappa shape index (κ2) is 7.54. The Kier molecular flexibility index (Phi) is 5.47. The van der Waals surface area contributed by atoms with Gasteiger partial charge in [0.25, 0.3) is 5.69 Å². The lowest BCUT2D eigenvalue weighted by molar-refractivity contribution is -0.384. The molecular formula is C14H14N4O4S. The number of non-ortho nitro benzene ring substituents is 1. The summed E-state index contributed by atoms with van der Waals surface area (Å²) in [6.45, 7) is 3.92. The fraction of sp³-hybridized carbons (Fsp3) is 0.214. The Morgan fingerprint density at radius 1 is 1.57 bits per heavy atom. The zero-order valence-electron chi connectivity index (χ0n) is 12.0. The van der Waals surface area contributed by atoms with Gasteiger partial charge in [-0.25, -0.2) is 0 Å². The van der Waals surface area contributed by atoms with E-state index in [1.165, 1.54) is 30.0 Å². The number of carbonyl (C=O) groups is 2. The first-order valence-electron chi connectivity index (χ1n) is 6.67. The first-order valence-corrected chi connectivity index (χ1v) is 7.54. The predicted molar refractivity (Wildman–Crippen MR) is 88.4 cm³/mol. The number of carbonyl (C=O) groups excluding carboxylic acids is 2. The van der Waals surface area contributed by atoms with Gasteiger partial charge in [0.2, 0.25) is 11.8 Å². The lowest BCUT2D eigenvalue weighted by atomic mass is 10.2. The van der Waals surface area contributed by atoms with Gasteiger partial charge in [0.1, 0.15) is 5.25 Å². The molecule has 8 nitrogen and oxygen atoms in total. The van der Waals surface area contributed by atoms with Gasteiger partial charge in [0.15, 0.2) is 5.17 Å². The largest absolute Gasteiger partial charge is 0.326 e. The Balaban J connectivity index is 1.95. The van der Waals surface area contributed by atoms with E-state index in [0.717, 1.165) is 0 Å². The van der Waals surface area contributed by atoms with Gasteiger partial charge in [-0.3, -0.25) is 24.7 Å². The lowest BCUT2D eigenvalue weighted by Crippen LogP contribution is -2.28. The van der Waals surface area contributed by atoms with Gasteiger partial charge in [0.05, 0.1) is 11.5 Å². The molecule has 1 atom stereocenters. The summed E-state index contributed by atoms with van der Waals surface area (Å²) in [5.41, 5.74) is 0.197. The molecule has 2 amide bonds. The maximum atomic E-state index is 12.0. The molecule has 0 bridgehead atoms. The highest BCUT2D eigenvalue weighted by molar-refractivity contribution is 8.15. The molecule has 0 saturated carbocycles. The number of amidine groups is 1. The van der Waals surface area contributed by atoms with Crippen LogP contribution in [0.5, 0.6) is 0 Å². The Morgan fingerprint density at radius 2 is 2.35 bits per heavy atom. The molecule has 0 spiro atoms. The number of anilines is 1. The van der Waals surface area contributed by atoms with E-state index in [4.69, 9.17) is 0 Å². The molecule has 0 aromatic heterocycles. The van der Waals surface area contributed by atoms with Gasteiger partial charge < -0.3 is 10.6 Å². The molecule has 2 rings (SSSR count). The van der Waals surface area contributed by atoms with Crippen molar-refractivity contribution in [3.63, 3.8) is 0 Å². The minimum atomic E-state index is -0.572. The zero-order valence-corrected chi connectivity index (χ0v) is 12.8. The smallest absolute Gasteiger partial charge is 0.271 e. The molecule has 2 N–H and O–H groups in total. The molecule has 1 fully saturated rings. The van der Waals surface area contributed by atoms with Crippen molar-refractivity contribution < 1.29 is 14.5 Å². The molecule has 0 radical (unpaired) electrons.